The molecule has 0 spiro atoms. The summed E-state index contributed by atoms with van der Waals surface area (Å²) in [5, 5.41) is 53.4. The molecule has 8 heterocycles. The van der Waals surface area contributed by atoms with Gasteiger partial charge in [-0.25, -0.2) is 15.0 Å². The molecule has 27 rings (SSSR count). The van der Waals surface area contributed by atoms with Crippen LogP contribution in [-0.4, -0.2) is 86.6 Å². The topological polar surface area (TPSA) is 129 Å². The monoisotopic (exact) mass is 1780 g/mol. The van der Waals surface area contributed by atoms with Crippen molar-refractivity contribution >= 4 is 324 Å². The molecule has 0 aliphatic heterocycles. The summed E-state index contributed by atoms with van der Waals surface area (Å²) >= 11 is 0. The lowest BCUT2D eigenvalue weighted by molar-refractivity contribution is 0.570. The van der Waals surface area contributed by atoms with Crippen molar-refractivity contribution in [3.05, 3.63) is 200 Å². The van der Waals surface area contributed by atoms with Gasteiger partial charge in [-0.05, 0) is 197 Å². The highest BCUT2D eigenvalue weighted by molar-refractivity contribution is 6.94. The van der Waals surface area contributed by atoms with Gasteiger partial charge >= 0.3 is 0 Å². The third-order valence-electron chi connectivity index (χ3n) is 30.2. The summed E-state index contributed by atoms with van der Waals surface area (Å²) < 4.78 is 5.65. The van der Waals surface area contributed by atoms with Gasteiger partial charge in [-0.3, -0.25) is 37.6 Å². The average molecular weight is 1780 g/mol. The number of aromatic nitrogens is 8. The van der Waals surface area contributed by atoms with Crippen LogP contribution in [0.4, 0.5) is 0 Å². The summed E-state index contributed by atoms with van der Waals surface area (Å²) in [6.07, 6.45) is 3.71. The van der Waals surface area contributed by atoms with Gasteiger partial charge in [-0.1, -0.05) is 327 Å². The normalized spacial score (nSPS) is 14.3. The minimum absolute atomic E-state index is 0.00668. The molecule has 27 aromatic rings. The summed E-state index contributed by atoms with van der Waals surface area (Å²) in [7, 11) is -10.6. The second kappa shape index (κ2) is 24.4. The average Bonchev–Trinajstić information content (AvgIpc) is 1.50. The van der Waals surface area contributed by atoms with Crippen LogP contribution in [0.1, 0.15) is 79.3 Å². The van der Waals surface area contributed by atoms with E-state index < -0.39 is 48.4 Å². The Bertz CT molecular complexity index is 9280. The first-order chi connectivity index (χ1) is 60.5. The summed E-state index contributed by atoms with van der Waals surface area (Å²) in [6, 6.07) is 53.3. The van der Waals surface area contributed by atoms with Crippen LogP contribution in [0.15, 0.2) is 166 Å². The van der Waals surface area contributed by atoms with Crippen molar-refractivity contribution in [1.29, 1.82) is 0 Å². The highest BCUT2D eigenvalue weighted by Crippen LogP contribution is 2.56. The number of benzene rings is 16. The molecule has 0 fully saturated rings. The lowest BCUT2D eigenvalue weighted by Crippen LogP contribution is -2.38. The molecule has 0 atom stereocenters. The number of imidazole rings is 3. The maximum atomic E-state index is 14.8. The van der Waals surface area contributed by atoms with Crippen LogP contribution in [0.3, 0.4) is 0 Å². The Labute approximate surface area is 752 Å². The fraction of sp³-hybridized carbons (Fsp3) is 0.268. The number of fused-ring (bicyclic) bond motifs is 21. The van der Waals surface area contributed by atoms with Gasteiger partial charge in [0.1, 0.15) is 22.5 Å². The van der Waals surface area contributed by atoms with E-state index in [0.29, 0.717) is 0 Å². The number of hydrogen-bond acceptors (Lipinski definition) is 8. The zero-order chi connectivity index (χ0) is 90.4. The molecule has 636 valence electrons. The highest BCUT2D eigenvalue weighted by atomic mass is 28.3. The Balaban J connectivity index is 0.000000105. The van der Waals surface area contributed by atoms with Gasteiger partial charge in [0.2, 0.25) is 0 Å². The summed E-state index contributed by atoms with van der Waals surface area (Å²) in [5.41, 5.74) is 10.5. The number of pyridine rings is 2. The van der Waals surface area contributed by atoms with Gasteiger partial charge in [-0.15, -0.1) is 0 Å². The molecule has 0 aliphatic carbocycles. The third kappa shape index (κ3) is 10.2. The molecule has 0 aliphatic rings. The van der Waals surface area contributed by atoms with E-state index in [9.17, 15) is 14.4 Å². The molecule has 129 heavy (non-hydrogen) atoms. The molecule has 17 heteroatoms. The van der Waals surface area contributed by atoms with Crippen LogP contribution in [0.5, 0.6) is 0 Å². The van der Waals surface area contributed by atoms with Crippen molar-refractivity contribution in [3.63, 3.8) is 0 Å². The van der Waals surface area contributed by atoms with E-state index in [1.807, 2.05) is 25.6 Å². The van der Waals surface area contributed by atoms with Gasteiger partial charge in [0.15, 0.2) is 0 Å². The van der Waals surface area contributed by atoms with E-state index in [1.54, 1.807) is 0 Å². The van der Waals surface area contributed by atoms with E-state index >= 15 is 0 Å². The van der Waals surface area contributed by atoms with E-state index in [-0.39, 0.29) is 32.9 Å². The molecule has 0 radical (unpaired) electrons. The van der Waals surface area contributed by atoms with Crippen LogP contribution in [0.2, 0.25) is 118 Å². The molecule has 0 N–H and O–H groups in total. The minimum Gasteiger partial charge on any atom is -0.268 e. The second-order valence-corrected chi connectivity index (χ2v) is 78.1. The largest absolute Gasteiger partial charge is 0.268 e. The second-order valence-electron chi connectivity index (χ2n) is 47.9. The van der Waals surface area contributed by atoms with Gasteiger partial charge in [0.25, 0.3) is 16.7 Å². The Morgan fingerprint density at radius 3 is 0.775 bits per heavy atom. The first kappa shape index (κ1) is 79.6. The van der Waals surface area contributed by atoms with Crippen molar-refractivity contribution in [1.82, 2.24) is 38.1 Å². The van der Waals surface area contributed by atoms with Gasteiger partial charge in [0.05, 0.1) is 105 Å². The van der Waals surface area contributed by atoms with Crippen molar-refractivity contribution in [2.24, 2.45) is 0 Å². The smallest absolute Gasteiger partial charge is 0.265 e. The van der Waals surface area contributed by atoms with E-state index in [0.717, 1.165) is 110 Å². The molecule has 0 saturated carbocycles. The van der Waals surface area contributed by atoms with E-state index in [4.69, 9.17) is 24.9 Å². The lowest BCUT2D eigenvalue weighted by atomic mass is 9.87. The standard InChI is InChI=1S/C38H36N2OSi2.2C37H35N3OSi2/c1-38(2,3)20-12-15-26-25(16-20)39-36-34-23-17-27(42(4,5)6)21-13-10-19-11-14-22-28(43(7,8)9)18-24(35(34)37(41)40(26)36)33-31(22)29(19)30(21)32(23)33;1-37(2,3)27-16-24-23(17-38-27)39-35-33-21-14-25(42(4,5)6)19-12-10-18-11-13-20-26(43(7,8)9)15-22(34(33)36(41)40(24)35)32-30(20)28(18)29(19)31(21)32;1-37(2,3)27-16-23-24(17-38-27)40-35(39-23)33-21-14-25(42(4,5)6)19-12-10-18-11-13-20-26(43(7,8)9)15-22(34(33)36(40)41)32-30(20)28(18)29(19)31(21)32/h10-18H,1-9H3;2*10-17H,1-9H3. The van der Waals surface area contributed by atoms with Crippen molar-refractivity contribution in [2.45, 2.75) is 196 Å². The highest BCUT2D eigenvalue weighted by Gasteiger charge is 2.40. The summed E-state index contributed by atoms with van der Waals surface area (Å²) in [5.74, 6) is 0. The number of rotatable bonds is 6. The Hall–Kier alpha value is -11.6. The Kier molecular flexibility index (Phi) is 15.0. The molecule has 0 saturated heterocycles. The molecular formula is C112H106N8O3Si6. The van der Waals surface area contributed by atoms with Crippen LogP contribution in [-0.2, 0) is 16.2 Å². The van der Waals surface area contributed by atoms with Gasteiger partial charge in [-0.2, -0.15) is 0 Å². The molecule has 0 unspecified atom stereocenters. The molecule has 19 aromatic carbocycles. The van der Waals surface area contributed by atoms with Gasteiger partial charge in [0, 0.05) is 38.4 Å². The Morgan fingerprint density at radius 2 is 0.481 bits per heavy atom. The number of nitrogens with zero attached hydrogens (tertiary/aromatic N) is 8. The molecule has 11 nitrogen and oxygen atoms in total. The maximum Gasteiger partial charge on any atom is 0.265 e. The van der Waals surface area contributed by atoms with Gasteiger partial charge < -0.3 is 0 Å². The summed E-state index contributed by atoms with van der Waals surface area (Å²) in [4.78, 5) is 69.6. The van der Waals surface area contributed by atoms with Crippen molar-refractivity contribution in [2.75, 3.05) is 0 Å². The maximum absolute atomic E-state index is 14.8. The zero-order valence-corrected chi connectivity index (χ0v) is 85.2. The lowest BCUT2D eigenvalue weighted by Gasteiger charge is -2.21. The molecular weight excluding hydrogens is 1670 g/mol. The molecule has 0 bridgehead atoms. The SMILES string of the molecule is CC(C)(C)c1cc2c(cn1)nc1c3c4cc([Si](C)(C)C)c5ccc6ccc7c([Si](C)(C)C)cc(c3c(=O)n21)c1c7c6c5c41.CC(C)(C)c1cc2nc3c4c5cc([Si](C)(C)C)c6ccc7ccc8c([Si](C)(C)C)cc(c4c(=O)n3c2cn1)c1c8c7c6c51.CC(C)(C)c1ccc2c(c1)nc1c3c4cc([Si](C)(C)C)c5ccc6ccc7c([Si](C)(C)C)cc(c3c(=O)n21)c1c7c6c5c41. The van der Waals surface area contributed by atoms with Crippen LogP contribution < -0.4 is 47.8 Å². The predicted octanol–water partition coefficient (Wildman–Crippen LogP) is 25.5. The van der Waals surface area contributed by atoms with Crippen LogP contribution in [0.25, 0.3) is 244 Å². The van der Waals surface area contributed by atoms with Crippen molar-refractivity contribution < 1.29 is 0 Å². The van der Waals surface area contributed by atoms with E-state index in [2.05, 4.69) is 320 Å². The third-order valence-corrected chi connectivity index (χ3v) is 42.4. The fourth-order valence-corrected chi connectivity index (χ4v) is 33.7. The van der Waals surface area contributed by atoms with Crippen molar-refractivity contribution in [3.8, 4) is 0 Å². The zero-order valence-electron chi connectivity index (χ0n) is 79.2. The van der Waals surface area contributed by atoms with Crippen LogP contribution in [0, 0.1) is 0 Å². The molecule has 0 amide bonds. The number of hydrogen-bond donors (Lipinski definition) is 0. The quantitative estimate of drug-likeness (QED) is 0.119. The summed E-state index contributed by atoms with van der Waals surface area (Å²) in [6.45, 7) is 63.4. The minimum atomic E-state index is -1.78. The first-order valence-electron chi connectivity index (χ1n) is 46.3. The fourth-order valence-electron chi connectivity index (χ4n) is 24.1. The Morgan fingerprint density at radius 1 is 0.225 bits per heavy atom. The van der Waals surface area contributed by atoms with E-state index in [1.165, 1.54) is 182 Å². The van der Waals surface area contributed by atoms with Crippen LogP contribution >= 0.6 is 0 Å². The first-order valence-corrected chi connectivity index (χ1v) is 67.3. The predicted molar refractivity (Wildman–Crippen MR) is 576 cm³/mol. The molecule has 8 aromatic heterocycles.